The summed E-state index contributed by atoms with van der Waals surface area (Å²) in [6.07, 6.45) is 2.77. The van der Waals surface area contributed by atoms with Gasteiger partial charge in [0.2, 0.25) is 0 Å². The average molecular weight is 369 g/mol. The summed E-state index contributed by atoms with van der Waals surface area (Å²) >= 11 is 0. The number of aromatic hydroxyl groups is 2. The van der Waals surface area contributed by atoms with Crippen LogP contribution in [0.3, 0.4) is 0 Å². The number of aromatic nitrogens is 1. The molecule has 3 nitrogen and oxygen atoms in total. The fourth-order valence-corrected chi connectivity index (χ4v) is 3.80. The third-order valence-corrected chi connectivity index (χ3v) is 5.18. The summed E-state index contributed by atoms with van der Waals surface area (Å²) < 4.78 is 2.28. The molecule has 28 heavy (non-hydrogen) atoms. The number of phenols is 2. The van der Waals surface area contributed by atoms with Crippen molar-refractivity contribution in [3.05, 3.63) is 96.1 Å². The molecule has 140 valence electrons. The highest BCUT2D eigenvalue weighted by atomic mass is 16.3. The van der Waals surface area contributed by atoms with Gasteiger partial charge in [0.1, 0.15) is 11.5 Å². The van der Waals surface area contributed by atoms with Crippen molar-refractivity contribution in [1.29, 1.82) is 0 Å². The van der Waals surface area contributed by atoms with E-state index < -0.39 is 0 Å². The molecule has 0 aliphatic rings. The molecule has 0 radical (unpaired) electrons. The Kier molecular flexibility index (Phi) is 4.66. The van der Waals surface area contributed by atoms with Gasteiger partial charge in [0.15, 0.2) is 0 Å². The lowest BCUT2D eigenvalue weighted by Crippen LogP contribution is -2.02. The van der Waals surface area contributed by atoms with Crippen molar-refractivity contribution < 1.29 is 10.2 Å². The van der Waals surface area contributed by atoms with E-state index >= 15 is 0 Å². The molecule has 0 atom stereocenters. The number of hydrogen-bond donors (Lipinski definition) is 2. The van der Waals surface area contributed by atoms with E-state index in [0.717, 1.165) is 40.7 Å². The SMILES string of the molecule is C=CCc1ccc(Cn2c(-c3ccc(O)cc3)c(C)c3cc(O)ccc32)cc1. The second-order valence-electron chi connectivity index (χ2n) is 7.12. The fraction of sp³-hybridized carbons (Fsp3) is 0.120. The van der Waals surface area contributed by atoms with E-state index in [-0.39, 0.29) is 11.5 Å². The Morgan fingerprint density at radius 2 is 1.50 bits per heavy atom. The molecule has 4 rings (SSSR count). The molecular weight excluding hydrogens is 346 g/mol. The van der Waals surface area contributed by atoms with Gasteiger partial charge in [-0.25, -0.2) is 0 Å². The molecule has 0 saturated heterocycles. The molecule has 3 aromatic carbocycles. The first-order valence-electron chi connectivity index (χ1n) is 9.37. The minimum absolute atomic E-state index is 0.250. The molecule has 0 fully saturated rings. The van der Waals surface area contributed by atoms with Crippen LogP contribution in [0.2, 0.25) is 0 Å². The zero-order valence-corrected chi connectivity index (χ0v) is 15.9. The van der Waals surface area contributed by atoms with E-state index in [1.54, 1.807) is 18.2 Å². The zero-order chi connectivity index (χ0) is 19.7. The summed E-state index contributed by atoms with van der Waals surface area (Å²) in [5.74, 6) is 0.512. The van der Waals surface area contributed by atoms with E-state index in [1.165, 1.54) is 11.1 Å². The molecule has 2 N–H and O–H groups in total. The van der Waals surface area contributed by atoms with Gasteiger partial charge in [0, 0.05) is 17.4 Å². The molecule has 0 amide bonds. The molecule has 0 aliphatic heterocycles. The molecule has 1 aromatic heterocycles. The van der Waals surface area contributed by atoms with Crippen LogP contribution in [-0.2, 0) is 13.0 Å². The highest BCUT2D eigenvalue weighted by Crippen LogP contribution is 2.36. The van der Waals surface area contributed by atoms with Crippen molar-refractivity contribution in [2.24, 2.45) is 0 Å². The van der Waals surface area contributed by atoms with Gasteiger partial charge in [-0.2, -0.15) is 0 Å². The summed E-state index contributed by atoms with van der Waals surface area (Å²) in [4.78, 5) is 0. The second kappa shape index (κ2) is 7.28. The third kappa shape index (κ3) is 3.27. The van der Waals surface area contributed by atoms with Crippen molar-refractivity contribution >= 4 is 10.9 Å². The standard InChI is InChI=1S/C25H23NO2/c1-3-4-18-5-7-19(8-6-18)16-26-24-14-13-22(28)15-23(24)17(2)25(26)20-9-11-21(27)12-10-20/h3,5-15,27-28H,1,4,16H2,2H3. The number of phenolic OH excluding ortho intramolecular Hbond substituents is 2. The lowest BCUT2D eigenvalue weighted by atomic mass is 10.1. The maximum absolute atomic E-state index is 9.98. The highest BCUT2D eigenvalue weighted by Gasteiger charge is 2.16. The molecule has 0 aliphatic carbocycles. The number of nitrogens with zero attached hydrogens (tertiary/aromatic N) is 1. The monoisotopic (exact) mass is 369 g/mol. The fourth-order valence-electron chi connectivity index (χ4n) is 3.80. The van der Waals surface area contributed by atoms with Crippen molar-refractivity contribution in [2.75, 3.05) is 0 Å². The van der Waals surface area contributed by atoms with Crippen LogP contribution < -0.4 is 0 Å². The minimum atomic E-state index is 0.250. The van der Waals surface area contributed by atoms with Gasteiger partial charge >= 0.3 is 0 Å². The summed E-state index contributed by atoms with van der Waals surface area (Å²) in [7, 11) is 0. The number of hydrogen-bond acceptors (Lipinski definition) is 2. The second-order valence-corrected chi connectivity index (χ2v) is 7.12. The molecule has 0 unspecified atom stereocenters. The summed E-state index contributed by atoms with van der Waals surface area (Å²) in [6, 6.07) is 21.4. The molecule has 0 spiro atoms. The van der Waals surface area contributed by atoms with Crippen LogP contribution >= 0.6 is 0 Å². The Bertz CT molecular complexity index is 1140. The van der Waals surface area contributed by atoms with Crippen LogP contribution in [0, 0.1) is 6.92 Å². The van der Waals surface area contributed by atoms with E-state index in [2.05, 4.69) is 42.3 Å². The van der Waals surface area contributed by atoms with Gasteiger partial charge in [-0.3, -0.25) is 0 Å². The topological polar surface area (TPSA) is 45.4 Å². The maximum Gasteiger partial charge on any atom is 0.116 e. The third-order valence-electron chi connectivity index (χ3n) is 5.18. The van der Waals surface area contributed by atoms with Gasteiger partial charge in [0.05, 0.1) is 5.69 Å². The Hall–Kier alpha value is -3.46. The molecule has 1 heterocycles. The van der Waals surface area contributed by atoms with Crippen LogP contribution in [0.25, 0.3) is 22.2 Å². The normalized spacial score (nSPS) is 11.0. The number of allylic oxidation sites excluding steroid dienone is 1. The first-order chi connectivity index (χ1) is 13.6. The molecule has 0 bridgehead atoms. The van der Waals surface area contributed by atoms with Crippen molar-refractivity contribution in [3.8, 4) is 22.8 Å². The van der Waals surface area contributed by atoms with E-state index in [0.29, 0.717) is 0 Å². The van der Waals surface area contributed by atoms with Crippen molar-refractivity contribution in [3.63, 3.8) is 0 Å². The summed E-state index contributed by atoms with van der Waals surface area (Å²) in [5, 5.41) is 20.7. The van der Waals surface area contributed by atoms with Crippen LogP contribution in [0.1, 0.15) is 16.7 Å². The van der Waals surface area contributed by atoms with Crippen LogP contribution in [0.15, 0.2) is 79.4 Å². The number of benzene rings is 3. The highest BCUT2D eigenvalue weighted by molar-refractivity contribution is 5.92. The average Bonchev–Trinajstić information content (AvgIpc) is 2.96. The zero-order valence-electron chi connectivity index (χ0n) is 15.9. The van der Waals surface area contributed by atoms with Crippen LogP contribution in [0.4, 0.5) is 0 Å². The first-order valence-corrected chi connectivity index (χ1v) is 9.37. The Morgan fingerprint density at radius 3 is 2.18 bits per heavy atom. The summed E-state index contributed by atoms with van der Waals surface area (Å²) in [6.45, 7) is 6.60. The quantitative estimate of drug-likeness (QED) is 0.436. The van der Waals surface area contributed by atoms with Crippen molar-refractivity contribution in [2.45, 2.75) is 19.9 Å². The van der Waals surface area contributed by atoms with E-state index in [9.17, 15) is 10.2 Å². The summed E-state index contributed by atoms with van der Waals surface area (Å²) in [5.41, 5.74) is 6.77. The lowest BCUT2D eigenvalue weighted by Gasteiger charge is -2.13. The number of rotatable bonds is 5. The van der Waals surface area contributed by atoms with E-state index in [1.807, 2.05) is 30.3 Å². The predicted octanol–water partition coefficient (Wildman–Crippen LogP) is 5.80. The van der Waals surface area contributed by atoms with Gasteiger partial charge < -0.3 is 14.8 Å². The first kappa shape index (κ1) is 17.9. The van der Waals surface area contributed by atoms with E-state index in [4.69, 9.17) is 0 Å². The predicted molar refractivity (Wildman–Crippen MR) is 115 cm³/mol. The van der Waals surface area contributed by atoms with Crippen LogP contribution in [-0.4, -0.2) is 14.8 Å². The molecular formula is C25H23NO2. The maximum atomic E-state index is 9.98. The van der Waals surface area contributed by atoms with Gasteiger partial charge in [0.25, 0.3) is 0 Å². The molecule has 4 aromatic rings. The molecule has 0 saturated carbocycles. The van der Waals surface area contributed by atoms with Gasteiger partial charge in [-0.15, -0.1) is 6.58 Å². The van der Waals surface area contributed by atoms with Crippen molar-refractivity contribution in [1.82, 2.24) is 4.57 Å². The largest absolute Gasteiger partial charge is 0.508 e. The number of aryl methyl sites for hydroxylation is 1. The molecule has 3 heteroatoms. The lowest BCUT2D eigenvalue weighted by molar-refractivity contribution is 0.475. The Labute approximate surface area is 164 Å². The van der Waals surface area contributed by atoms with Crippen LogP contribution in [0.5, 0.6) is 11.5 Å². The smallest absolute Gasteiger partial charge is 0.116 e. The Balaban J connectivity index is 1.86. The minimum Gasteiger partial charge on any atom is -0.508 e. The number of fused-ring (bicyclic) bond motifs is 1. The Morgan fingerprint density at radius 1 is 0.857 bits per heavy atom. The van der Waals surface area contributed by atoms with Gasteiger partial charge in [-0.05, 0) is 78.1 Å². The van der Waals surface area contributed by atoms with Gasteiger partial charge in [-0.1, -0.05) is 30.3 Å².